The lowest BCUT2D eigenvalue weighted by Gasteiger charge is -2.49. The van der Waals surface area contributed by atoms with Gasteiger partial charge in [-0.25, -0.2) is 4.98 Å². The van der Waals surface area contributed by atoms with Crippen molar-refractivity contribution in [3.05, 3.63) is 54.7 Å². The number of rotatable bonds is 6. The molecule has 0 saturated carbocycles. The van der Waals surface area contributed by atoms with Gasteiger partial charge in [0.2, 0.25) is 0 Å². The zero-order chi connectivity index (χ0) is 33.7. The molecule has 2 spiro atoms. The Bertz CT molecular complexity index is 1030. The smallest absolute Gasteiger partial charge is 0.128 e. The molecule has 0 bridgehead atoms. The number of pyridine rings is 1. The Morgan fingerprint density at radius 2 is 1.10 bits per heavy atom. The van der Waals surface area contributed by atoms with Gasteiger partial charge in [0.25, 0.3) is 0 Å². The molecule has 6 aliphatic rings. The molecule has 0 radical (unpaired) electrons. The van der Waals surface area contributed by atoms with Gasteiger partial charge in [-0.2, -0.15) is 0 Å². The van der Waals surface area contributed by atoms with E-state index in [4.69, 9.17) is 0 Å². The van der Waals surface area contributed by atoms with E-state index in [-0.39, 0.29) is 0 Å². The number of nitrogens with zero attached hydrogens (tertiary/aromatic N) is 6. The molecular weight excluding hydrogens is 592 g/mol. The van der Waals surface area contributed by atoms with Gasteiger partial charge in [-0.3, -0.25) is 9.80 Å². The van der Waals surface area contributed by atoms with Crippen LogP contribution in [0, 0.1) is 16.7 Å². The fourth-order valence-electron chi connectivity index (χ4n) is 8.36. The maximum Gasteiger partial charge on any atom is 0.128 e. The fourth-order valence-corrected chi connectivity index (χ4v) is 8.36. The molecule has 6 fully saturated rings. The summed E-state index contributed by atoms with van der Waals surface area (Å²) in [6, 6.07) is 17.1. The highest BCUT2D eigenvalue weighted by Gasteiger charge is 2.41. The summed E-state index contributed by atoms with van der Waals surface area (Å²) in [6.07, 6.45) is 10.1. The molecule has 1 aromatic heterocycles. The van der Waals surface area contributed by atoms with Crippen LogP contribution in [0.2, 0.25) is 0 Å². The number of piperazine rings is 1. The number of piperidine rings is 3. The number of benzene rings is 1. The minimum absolute atomic E-state index is 0.669. The number of para-hydroxylation sites is 1. The molecule has 268 valence electrons. The van der Waals surface area contributed by atoms with Gasteiger partial charge in [0.05, 0.1) is 6.67 Å². The monoisotopic (exact) mass is 661 g/mol. The van der Waals surface area contributed by atoms with Crippen LogP contribution in [0.1, 0.15) is 66.2 Å². The highest BCUT2D eigenvalue weighted by molar-refractivity contribution is 5.46. The first-order valence-corrected chi connectivity index (χ1v) is 19.7. The molecule has 8 rings (SSSR count). The largest absolute Gasteiger partial charge is 0.369 e. The minimum Gasteiger partial charge on any atom is -0.369 e. The summed E-state index contributed by atoms with van der Waals surface area (Å²) in [5.41, 5.74) is 2.72. The van der Waals surface area contributed by atoms with Gasteiger partial charge >= 0.3 is 0 Å². The fraction of sp³-hybridized carbons (Fsp3) is 0.725. The Labute approximate surface area is 293 Å². The van der Waals surface area contributed by atoms with Crippen LogP contribution in [-0.2, 0) is 0 Å². The van der Waals surface area contributed by atoms with Crippen LogP contribution >= 0.6 is 0 Å². The van der Waals surface area contributed by atoms with E-state index >= 15 is 0 Å². The molecule has 6 saturated heterocycles. The molecule has 0 unspecified atom stereocenters. The molecule has 0 aliphatic carbocycles. The van der Waals surface area contributed by atoms with Crippen LogP contribution < -0.4 is 20.4 Å². The molecule has 7 heterocycles. The first-order valence-electron chi connectivity index (χ1n) is 19.7. The number of hydrogen-bond acceptors (Lipinski definition) is 8. The Morgan fingerprint density at radius 3 is 1.60 bits per heavy atom. The lowest BCUT2D eigenvalue weighted by atomic mass is 9.73. The second-order valence-electron chi connectivity index (χ2n) is 14.8. The molecule has 2 aromatic rings. The van der Waals surface area contributed by atoms with Crippen LogP contribution in [0.25, 0.3) is 0 Å². The summed E-state index contributed by atoms with van der Waals surface area (Å²) < 4.78 is 0. The van der Waals surface area contributed by atoms with Crippen LogP contribution in [0.3, 0.4) is 0 Å². The zero-order valence-corrected chi connectivity index (χ0v) is 31.0. The van der Waals surface area contributed by atoms with Gasteiger partial charge in [-0.15, -0.1) is 0 Å². The van der Waals surface area contributed by atoms with Gasteiger partial charge in [0.1, 0.15) is 5.82 Å². The number of likely N-dealkylation sites (tertiary alicyclic amines) is 2. The summed E-state index contributed by atoms with van der Waals surface area (Å²) in [7, 11) is 0. The SMILES string of the molecule is CC.CC.c1ccc(N2CCC(CN3CCC4(CC3)CNC4)CC2)nc1.c1ccc(N2CCN(CN3CCC4(CC3)CNC4)CC2)cc1. The van der Waals surface area contributed by atoms with Crippen molar-refractivity contribution < 1.29 is 0 Å². The van der Waals surface area contributed by atoms with E-state index in [1.807, 2.05) is 40.0 Å². The number of hydrogen-bond donors (Lipinski definition) is 2. The molecular formula is C40H68N8. The molecule has 0 amide bonds. The predicted octanol–water partition coefficient (Wildman–Crippen LogP) is 5.49. The van der Waals surface area contributed by atoms with E-state index in [9.17, 15) is 0 Å². The van der Waals surface area contributed by atoms with E-state index < -0.39 is 0 Å². The van der Waals surface area contributed by atoms with Crippen molar-refractivity contribution in [3.8, 4) is 0 Å². The molecule has 2 N–H and O–H groups in total. The van der Waals surface area contributed by atoms with Gasteiger partial charge in [0.15, 0.2) is 0 Å². The predicted molar refractivity (Wildman–Crippen MR) is 204 cm³/mol. The molecule has 1 aromatic carbocycles. The van der Waals surface area contributed by atoms with Gasteiger partial charge in [0, 0.05) is 83.9 Å². The average molecular weight is 661 g/mol. The van der Waals surface area contributed by atoms with Gasteiger partial charge in [-0.1, -0.05) is 52.0 Å². The van der Waals surface area contributed by atoms with Crippen molar-refractivity contribution in [1.82, 2.24) is 30.3 Å². The highest BCUT2D eigenvalue weighted by atomic mass is 15.4. The number of aromatic nitrogens is 1. The van der Waals surface area contributed by atoms with Crippen LogP contribution in [0.5, 0.6) is 0 Å². The summed E-state index contributed by atoms with van der Waals surface area (Å²) in [6.45, 7) is 27.8. The second kappa shape index (κ2) is 18.7. The molecule has 0 atom stereocenters. The van der Waals surface area contributed by atoms with E-state index in [1.54, 1.807) is 0 Å². The summed E-state index contributed by atoms with van der Waals surface area (Å²) in [5, 5.41) is 6.91. The van der Waals surface area contributed by atoms with E-state index in [0.29, 0.717) is 10.8 Å². The van der Waals surface area contributed by atoms with Crippen LogP contribution in [0.15, 0.2) is 54.7 Å². The Balaban J connectivity index is 0.000000170. The van der Waals surface area contributed by atoms with Crippen LogP contribution in [-0.4, -0.2) is 125 Å². The van der Waals surface area contributed by atoms with Crippen molar-refractivity contribution >= 4 is 11.5 Å². The van der Waals surface area contributed by atoms with E-state index in [1.165, 1.54) is 136 Å². The number of anilines is 2. The average Bonchev–Trinajstić information content (AvgIpc) is 3.14. The summed E-state index contributed by atoms with van der Waals surface area (Å²) >= 11 is 0. The first-order chi connectivity index (χ1) is 23.7. The molecule has 8 heteroatoms. The van der Waals surface area contributed by atoms with Crippen molar-refractivity contribution in [3.63, 3.8) is 0 Å². The van der Waals surface area contributed by atoms with Crippen molar-refractivity contribution in [2.45, 2.75) is 66.2 Å². The van der Waals surface area contributed by atoms with Gasteiger partial charge in [-0.05, 0) is 106 Å². The Morgan fingerprint density at radius 1 is 0.583 bits per heavy atom. The lowest BCUT2D eigenvalue weighted by Crippen LogP contribution is -2.59. The maximum atomic E-state index is 4.48. The molecule has 6 aliphatic heterocycles. The topological polar surface area (TPSA) is 53.2 Å². The first kappa shape index (κ1) is 37.0. The Hall–Kier alpha value is -2.23. The van der Waals surface area contributed by atoms with E-state index in [0.717, 1.165) is 24.8 Å². The summed E-state index contributed by atoms with van der Waals surface area (Å²) in [4.78, 5) is 17.5. The zero-order valence-electron chi connectivity index (χ0n) is 31.0. The molecule has 8 nitrogen and oxygen atoms in total. The quantitative estimate of drug-likeness (QED) is 0.423. The second-order valence-corrected chi connectivity index (χ2v) is 14.8. The van der Waals surface area contributed by atoms with Crippen LogP contribution in [0.4, 0.5) is 11.5 Å². The Kier molecular flexibility index (Phi) is 14.4. The minimum atomic E-state index is 0.669. The van der Waals surface area contributed by atoms with Gasteiger partial charge < -0.3 is 25.3 Å². The van der Waals surface area contributed by atoms with Crippen molar-refractivity contribution in [1.29, 1.82) is 0 Å². The third-order valence-corrected chi connectivity index (χ3v) is 11.8. The highest BCUT2D eigenvalue weighted by Crippen LogP contribution is 2.36. The lowest BCUT2D eigenvalue weighted by molar-refractivity contribution is 0.0251. The maximum absolute atomic E-state index is 4.48. The van der Waals surface area contributed by atoms with Crippen molar-refractivity contribution in [2.75, 3.05) is 115 Å². The third kappa shape index (κ3) is 9.94. The number of nitrogens with one attached hydrogen (secondary N) is 2. The molecule has 48 heavy (non-hydrogen) atoms. The normalized spacial score (nSPS) is 24.2. The van der Waals surface area contributed by atoms with Crippen molar-refractivity contribution in [2.24, 2.45) is 16.7 Å². The van der Waals surface area contributed by atoms with E-state index in [2.05, 4.69) is 82.6 Å². The summed E-state index contributed by atoms with van der Waals surface area (Å²) in [5.74, 6) is 2.03. The third-order valence-electron chi connectivity index (χ3n) is 11.8. The standard InChI is InChI=1S/2C18H28N4.2C2H6/c1-2-8-20-17(3-1)22-9-4-16(5-10-22)13-21-11-6-18(7-12-21)14-19-15-18;1-2-4-17(5-3-1)22-12-10-21(11-13-22)16-20-8-6-18(7-9-20)14-19-15-18;2*1-2/h1-3,8,16,19H,4-7,9-15H2;1-5,19H,6-16H2;2*1-2H3.